The molecule has 1 aromatic heterocycles. The van der Waals surface area contributed by atoms with Gasteiger partial charge in [-0.15, -0.1) is 0 Å². The Bertz CT molecular complexity index is 473. The smallest absolute Gasteiger partial charge is 0.435 e. The van der Waals surface area contributed by atoms with E-state index >= 15 is 0 Å². The van der Waals surface area contributed by atoms with Crippen molar-refractivity contribution in [1.82, 2.24) is 9.78 Å². The third-order valence-corrected chi connectivity index (χ3v) is 1.98. The number of esters is 1. The molecule has 0 radical (unpaired) electrons. The topological polar surface area (TPSA) is 44.1 Å². The molecule has 0 saturated carbocycles. The third-order valence-electron chi connectivity index (χ3n) is 1.98. The van der Waals surface area contributed by atoms with E-state index in [1.165, 1.54) is 0 Å². The van der Waals surface area contributed by atoms with Gasteiger partial charge in [0.05, 0.1) is 7.11 Å². The summed E-state index contributed by atoms with van der Waals surface area (Å²) in [5.74, 6) is -1.55. The summed E-state index contributed by atoms with van der Waals surface area (Å²) in [6.45, 7) is 0. The summed E-state index contributed by atoms with van der Waals surface area (Å²) in [6, 6.07) is 0. The summed E-state index contributed by atoms with van der Waals surface area (Å²) < 4.78 is 79.2. The minimum absolute atomic E-state index is 0.192. The molecule has 0 aromatic carbocycles. The standard InChI is InChI=1S/C8H6F6N2O2/c1-16-4(6(17)18-2)3(7(9,10)11)5(15-16)8(12,13)14/h1-2H3. The van der Waals surface area contributed by atoms with Crippen molar-refractivity contribution in [1.29, 1.82) is 0 Å². The zero-order valence-corrected chi connectivity index (χ0v) is 8.98. The lowest BCUT2D eigenvalue weighted by molar-refractivity contribution is -0.164. The number of aromatic nitrogens is 2. The number of ether oxygens (including phenoxy) is 1. The molecule has 4 nitrogen and oxygen atoms in total. The molecule has 0 aliphatic rings. The molecule has 0 bridgehead atoms. The Balaban J connectivity index is 3.64. The highest BCUT2D eigenvalue weighted by Gasteiger charge is 2.50. The Labute approximate surface area is 96.1 Å². The number of halogens is 6. The minimum Gasteiger partial charge on any atom is -0.464 e. The lowest BCUT2D eigenvalue weighted by atomic mass is 10.1. The number of aryl methyl sites for hydroxylation is 1. The molecule has 0 atom stereocenters. The van der Waals surface area contributed by atoms with Crippen LogP contribution in [0.25, 0.3) is 0 Å². The first-order valence-corrected chi connectivity index (χ1v) is 4.29. The van der Waals surface area contributed by atoms with Crippen molar-refractivity contribution in [3.05, 3.63) is 17.0 Å². The summed E-state index contributed by atoms with van der Waals surface area (Å²) in [4.78, 5) is 11.1. The van der Waals surface area contributed by atoms with Gasteiger partial charge in [-0.25, -0.2) is 4.79 Å². The SMILES string of the molecule is COC(=O)c1c(C(F)(F)F)c(C(F)(F)F)nn1C. The van der Waals surface area contributed by atoms with E-state index in [0.717, 1.165) is 14.2 Å². The highest BCUT2D eigenvalue weighted by molar-refractivity contribution is 5.89. The maximum absolute atomic E-state index is 12.6. The van der Waals surface area contributed by atoms with Gasteiger partial charge in [0.25, 0.3) is 0 Å². The van der Waals surface area contributed by atoms with Gasteiger partial charge >= 0.3 is 18.3 Å². The van der Waals surface area contributed by atoms with E-state index in [0.29, 0.717) is 0 Å². The van der Waals surface area contributed by atoms with E-state index < -0.39 is 35.3 Å². The molecule has 18 heavy (non-hydrogen) atoms. The second-order valence-electron chi connectivity index (χ2n) is 3.18. The molecule has 0 aliphatic heterocycles. The molecule has 0 amide bonds. The van der Waals surface area contributed by atoms with Crippen LogP contribution in [0.4, 0.5) is 26.3 Å². The summed E-state index contributed by atoms with van der Waals surface area (Å²) in [7, 11) is 1.54. The molecule has 1 heterocycles. The van der Waals surface area contributed by atoms with Crippen LogP contribution in [0, 0.1) is 0 Å². The average Bonchev–Trinajstić information content (AvgIpc) is 2.53. The van der Waals surface area contributed by atoms with Crippen LogP contribution in [0.1, 0.15) is 21.7 Å². The van der Waals surface area contributed by atoms with Crippen LogP contribution in [0.3, 0.4) is 0 Å². The van der Waals surface area contributed by atoms with Gasteiger partial charge in [-0.3, -0.25) is 4.68 Å². The highest BCUT2D eigenvalue weighted by Crippen LogP contribution is 2.41. The highest BCUT2D eigenvalue weighted by atomic mass is 19.4. The molecule has 0 N–H and O–H groups in total. The minimum atomic E-state index is -5.37. The van der Waals surface area contributed by atoms with Crippen LogP contribution in [-0.4, -0.2) is 22.9 Å². The van der Waals surface area contributed by atoms with Crippen LogP contribution in [-0.2, 0) is 24.1 Å². The Morgan fingerprint density at radius 3 is 2.00 bits per heavy atom. The molecular formula is C8H6F6N2O2. The lowest BCUT2D eigenvalue weighted by Crippen LogP contribution is -2.19. The zero-order chi connectivity index (χ0) is 14.3. The van der Waals surface area contributed by atoms with Gasteiger partial charge in [-0.05, 0) is 0 Å². The molecule has 0 unspecified atom stereocenters. The Morgan fingerprint density at radius 1 is 1.17 bits per heavy atom. The number of hydrogen-bond donors (Lipinski definition) is 0. The predicted molar refractivity (Wildman–Crippen MR) is 44.6 cm³/mol. The van der Waals surface area contributed by atoms with Crippen LogP contribution in [0.5, 0.6) is 0 Å². The van der Waals surface area contributed by atoms with Gasteiger partial charge in [-0.2, -0.15) is 31.4 Å². The molecule has 0 fully saturated rings. The summed E-state index contributed by atoms with van der Waals surface area (Å²) >= 11 is 0. The van der Waals surface area contributed by atoms with E-state index in [-0.39, 0.29) is 4.68 Å². The fraction of sp³-hybridized carbons (Fsp3) is 0.500. The van der Waals surface area contributed by atoms with E-state index in [9.17, 15) is 31.1 Å². The second kappa shape index (κ2) is 4.18. The number of carbonyl (C=O) groups excluding carboxylic acids is 1. The monoisotopic (exact) mass is 276 g/mol. The first-order valence-electron chi connectivity index (χ1n) is 4.29. The van der Waals surface area contributed by atoms with Gasteiger partial charge in [0, 0.05) is 7.05 Å². The van der Waals surface area contributed by atoms with Crippen LogP contribution >= 0.6 is 0 Å². The fourth-order valence-electron chi connectivity index (χ4n) is 1.32. The van der Waals surface area contributed by atoms with Crippen molar-refractivity contribution < 1.29 is 35.9 Å². The summed E-state index contributed by atoms with van der Waals surface area (Å²) in [6.07, 6.45) is -10.7. The normalized spacial score (nSPS) is 12.7. The lowest BCUT2D eigenvalue weighted by Gasteiger charge is -2.10. The Morgan fingerprint density at radius 2 is 1.67 bits per heavy atom. The van der Waals surface area contributed by atoms with E-state index in [1.807, 2.05) is 0 Å². The number of rotatable bonds is 1. The number of nitrogens with zero attached hydrogens (tertiary/aromatic N) is 2. The second-order valence-corrected chi connectivity index (χ2v) is 3.18. The van der Waals surface area contributed by atoms with Crippen LogP contribution in [0.15, 0.2) is 0 Å². The maximum atomic E-state index is 12.6. The predicted octanol–water partition coefficient (Wildman–Crippen LogP) is 2.24. The number of carbonyl (C=O) groups is 1. The van der Waals surface area contributed by atoms with Gasteiger partial charge in [0.1, 0.15) is 5.56 Å². The van der Waals surface area contributed by atoms with Crippen molar-refractivity contribution in [2.75, 3.05) is 7.11 Å². The van der Waals surface area contributed by atoms with Crippen molar-refractivity contribution >= 4 is 5.97 Å². The average molecular weight is 276 g/mol. The van der Waals surface area contributed by atoms with Crippen molar-refractivity contribution in [2.24, 2.45) is 7.05 Å². The van der Waals surface area contributed by atoms with Crippen LogP contribution < -0.4 is 0 Å². The summed E-state index contributed by atoms with van der Waals surface area (Å²) in [5.41, 5.74) is -5.61. The van der Waals surface area contributed by atoms with E-state index in [2.05, 4.69) is 9.84 Å². The zero-order valence-electron chi connectivity index (χ0n) is 8.98. The van der Waals surface area contributed by atoms with Gasteiger partial charge in [0.15, 0.2) is 11.4 Å². The summed E-state index contributed by atoms with van der Waals surface area (Å²) in [5, 5.41) is 2.69. The van der Waals surface area contributed by atoms with E-state index in [1.54, 1.807) is 0 Å². The number of methoxy groups -OCH3 is 1. The van der Waals surface area contributed by atoms with Gasteiger partial charge in [-0.1, -0.05) is 0 Å². The van der Waals surface area contributed by atoms with Gasteiger partial charge < -0.3 is 4.74 Å². The Hall–Kier alpha value is -1.74. The molecule has 0 saturated heterocycles. The van der Waals surface area contributed by atoms with Crippen molar-refractivity contribution in [3.8, 4) is 0 Å². The molecule has 10 heteroatoms. The fourth-order valence-corrected chi connectivity index (χ4v) is 1.32. The Kier molecular flexibility index (Phi) is 3.32. The first kappa shape index (κ1) is 14.3. The number of hydrogen-bond acceptors (Lipinski definition) is 3. The first-order chi connectivity index (χ1) is 8.00. The van der Waals surface area contributed by atoms with Crippen molar-refractivity contribution in [2.45, 2.75) is 12.4 Å². The maximum Gasteiger partial charge on any atom is 0.435 e. The quantitative estimate of drug-likeness (QED) is 0.583. The van der Waals surface area contributed by atoms with Gasteiger partial charge in [0.2, 0.25) is 0 Å². The third kappa shape index (κ3) is 2.41. The molecular weight excluding hydrogens is 270 g/mol. The molecule has 1 rings (SSSR count). The van der Waals surface area contributed by atoms with E-state index in [4.69, 9.17) is 0 Å². The molecule has 102 valence electrons. The largest absolute Gasteiger partial charge is 0.464 e. The number of alkyl halides is 6. The van der Waals surface area contributed by atoms with Crippen molar-refractivity contribution in [3.63, 3.8) is 0 Å². The molecule has 0 aliphatic carbocycles. The van der Waals surface area contributed by atoms with Crippen LogP contribution in [0.2, 0.25) is 0 Å². The molecule has 0 spiro atoms. The molecule has 1 aromatic rings.